The van der Waals surface area contributed by atoms with E-state index in [0.717, 1.165) is 5.56 Å². The molecule has 38 heavy (non-hydrogen) atoms. The predicted molar refractivity (Wildman–Crippen MR) is 142 cm³/mol. The van der Waals surface area contributed by atoms with Crippen molar-refractivity contribution in [3.8, 4) is 23.1 Å². The van der Waals surface area contributed by atoms with Crippen molar-refractivity contribution in [2.45, 2.75) is 19.9 Å². The van der Waals surface area contributed by atoms with E-state index in [2.05, 4.69) is 11.1 Å². The third kappa shape index (κ3) is 4.46. The molecule has 0 unspecified atom stereocenters. The van der Waals surface area contributed by atoms with Gasteiger partial charge in [-0.3, -0.25) is 9.36 Å². The number of aromatic nitrogens is 1. The SMILES string of the molecule is CCOC(=O)C1=C(C)N=c2s/c(=C/c3ccc(-c4ccccc4C#N)o3)c(=O)n2[C@@H]1c1ccc(OC)cc1. The second-order valence-corrected chi connectivity index (χ2v) is 9.44. The summed E-state index contributed by atoms with van der Waals surface area (Å²) in [6.07, 6.45) is 1.65. The van der Waals surface area contributed by atoms with Gasteiger partial charge in [-0.25, -0.2) is 9.79 Å². The van der Waals surface area contributed by atoms with E-state index in [4.69, 9.17) is 13.9 Å². The first-order valence-electron chi connectivity index (χ1n) is 11.9. The Hall–Kier alpha value is -4.68. The lowest BCUT2D eigenvalue weighted by Crippen LogP contribution is -2.39. The van der Waals surface area contributed by atoms with Gasteiger partial charge in [0, 0.05) is 11.6 Å². The van der Waals surface area contributed by atoms with Gasteiger partial charge in [0.05, 0.1) is 47.2 Å². The van der Waals surface area contributed by atoms with Gasteiger partial charge in [0.1, 0.15) is 17.3 Å². The summed E-state index contributed by atoms with van der Waals surface area (Å²) < 4.78 is 18.5. The van der Waals surface area contributed by atoms with Crippen LogP contribution in [0.2, 0.25) is 0 Å². The molecule has 9 heteroatoms. The number of thiazole rings is 1. The van der Waals surface area contributed by atoms with Gasteiger partial charge in [-0.05, 0) is 55.8 Å². The van der Waals surface area contributed by atoms with Crippen molar-refractivity contribution in [3.63, 3.8) is 0 Å². The van der Waals surface area contributed by atoms with Crippen LogP contribution in [0.15, 0.2) is 86.1 Å². The number of hydrogen-bond donors (Lipinski definition) is 0. The lowest BCUT2D eigenvalue weighted by Gasteiger charge is -2.24. The zero-order chi connectivity index (χ0) is 26.8. The highest BCUT2D eigenvalue weighted by molar-refractivity contribution is 7.07. The van der Waals surface area contributed by atoms with E-state index >= 15 is 0 Å². The van der Waals surface area contributed by atoms with Crippen molar-refractivity contribution < 1.29 is 18.7 Å². The van der Waals surface area contributed by atoms with E-state index in [9.17, 15) is 14.9 Å². The van der Waals surface area contributed by atoms with Crippen LogP contribution in [0.3, 0.4) is 0 Å². The zero-order valence-corrected chi connectivity index (χ0v) is 21.7. The summed E-state index contributed by atoms with van der Waals surface area (Å²) >= 11 is 1.21. The summed E-state index contributed by atoms with van der Waals surface area (Å²) in [6.45, 7) is 3.68. The molecule has 2 aromatic heterocycles. The molecule has 0 saturated carbocycles. The van der Waals surface area contributed by atoms with Crippen molar-refractivity contribution >= 4 is 23.4 Å². The minimum Gasteiger partial charge on any atom is -0.497 e. The van der Waals surface area contributed by atoms with Crippen LogP contribution < -0.4 is 19.6 Å². The Morgan fingerprint density at radius 3 is 2.66 bits per heavy atom. The van der Waals surface area contributed by atoms with Crippen molar-refractivity contribution in [2.75, 3.05) is 13.7 Å². The number of rotatable bonds is 6. The molecule has 190 valence electrons. The summed E-state index contributed by atoms with van der Waals surface area (Å²) in [4.78, 5) is 31.8. The van der Waals surface area contributed by atoms with Crippen LogP contribution >= 0.6 is 11.3 Å². The van der Waals surface area contributed by atoms with Crippen LogP contribution in [0.25, 0.3) is 17.4 Å². The molecule has 1 atom stereocenters. The van der Waals surface area contributed by atoms with Gasteiger partial charge < -0.3 is 13.9 Å². The molecule has 2 aromatic carbocycles. The first-order chi connectivity index (χ1) is 18.4. The van der Waals surface area contributed by atoms with E-state index in [-0.39, 0.29) is 12.2 Å². The van der Waals surface area contributed by atoms with Crippen LogP contribution in [-0.4, -0.2) is 24.3 Å². The van der Waals surface area contributed by atoms with E-state index in [1.807, 2.05) is 24.3 Å². The minimum atomic E-state index is -0.715. The van der Waals surface area contributed by atoms with E-state index in [1.165, 1.54) is 15.9 Å². The Morgan fingerprint density at radius 2 is 1.95 bits per heavy atom. The minimum absolute atomic E-state index is 0.200. The average molecular weight is 526 g/mol. The molecule has 0 N–H and O–H groups in total. The van der Waals surface area contributed by atoms with Crippen molar-refractivity contribution in [2.24, 2.45) is 4.99 Å². The van der Waals surface area contributed by atoms with Crippen molar-refractivity contribution in [1.82, 2.24) is 4.57 Å². The van der Waals surface area contributed by atoms with Gasteiger partial charge in [0.15, 0.2) is 4.80 Å². The molecule has 3 heterocycles. The Labute approximate surface area is 222 Å². The van der Waals surface area contributed by atoms with E-state index < -0.39 is 12.0 Å². The number of nitriles is 1. The highest BCUT2D eigenvalue weighted by Gasteiger charge is 2.33. The van der Waals surface area contributed by atoms with Crippen molar-refractivity contribution in [3.05, 3.63) is 109 Å². The van der Waals surface area contributed by atoms with Crippen LogP contribution in [-0.2, 0) is 9.53 Å². The molecular formula is C29H23N3O5S. The standard InChI is InChI=1S/C29H23N3O5S/c1-4-36-28(34)25-17(2)31-29-32(26(25)18-9-11-20(35-3)12-10-18)27(33)24(38-29)15-21-13-14-23(37-21)22-8-6-5-7-19(22)16-30/h5-15,26H,4H2,1-3H3/b24-15+/t26-/m1/s1. The zero-order valence-electron chi connectivity index (χ0n) is 20.9. The Balaban J connectivity index is 1.64. The topological polar surface area (TPSA) is 107 Å². The number of furan rings is 1. The van der Waals surface area contributed by atoms with Crippen LogP contribution in [0.4, 0.5) is 0 Å². The molecule has 0 radical (unpaired) electrons. The lowest BCUT2D eigenvalue weighted by molar-refractivity contribution is -0.139. The van der Waals surface area contributed by atoms with Gasteiger partial charge in [-0.1, -0.05) is 35.6 Å². The third-order valence-corrected chi connectivity index (χ3v) is 7.14. The number of carbonyl (C=O) groups excluding carboxylic acids is 1. The second-order valence-electron chi connectivity index (χ2n) is 8.43. The Kier molecular flexibility index (Phi) is 6.81. The summed E-state index contributed by atoms with van der Waals surface area (Å²) in [5.41, 5.74) is 2.39. The molecule has 0 fully saturated rings. The van der Waals surface area contributed by atoms with Gasteiger partial charge >= 0.3 is 5.97 Å². The van der Waals surface area contributed by atoms with Gasteiger partial charge in [0.2, 0.25) is 0 Å². The molecule has 0 aliphatic carbocycles. The second kappa shape index (κ2) is 10.4. The number of hydrogen-bond acceptors (Lipinski definition) is 8. The summed E-state index contributed by atoms with van der Waals surface area (Å²) in [5, 5.41) is 9.42. The van der Waals surface area contributed by atoms with Gasteiger partial charge in [-0.2, -0.15) is 5.26 Å². The van der Waals surface area contributed by atoms with Crippen LogP contribution in [0, 0.1) is 11.3 Å². The first-order valence-corrected chi connectivity index (χ1v) is 12.7. The highest BCUT2D eigenvalue weighted by Crippen LogP contribution is 2.32. The number of fused-ring (bicyclic) bond motifs is 1. The molecule has 0 spiro atoms. The lowest BCUT2D eigenvalue weighted by atomic mass is 9.96. The molecule has 8 nitrogen and oxygen atoms in total. The molecule has 0 bridgehead atoms. The maximum absolute atomic E-state index is 13.7. The van der Waals surface area contributed by atoms with E-state index in [1.54, 1.807) is 63.4 Å². The number of allylic oxidation sites excluding steroid dienone is 1. The van der Waals surface area contributed by atoms with Crippen LogP contribution in [0.1, 0.15) is 36.8 Å². The number of carbonyl (C=O) groups is 1. The fourth-order valence-corrected chi connectivity index (χ4v) is 5.42. The Bertz CT molecular complexity index is 1780. The average Bonchev–Trinajstić information content (AvgIpc) is 3.52. The largest absolute Gasteiger partial charge is 0.497 e. The smallest absolute Gasteiger partial charge is 0.338 e. The normalized spacial score (nSPS) is 15.0. The monoisotopic (exact) mass is 525 g/mol. The maximum Gasteiger partial charge on any atom is 0.338 e. The van der Waals surface area contributed by atoms with Gasteiger partial charge in [0.25, 0.3) is 5.56 Å². The van der Waals surface area contributed by atoms with E-state index in [0.29, 0.717) is 49.0 Å². The predicted octanol–water partition coefficient (Wildman–Crippen LogP) is 3.94. The number of ether oxygens (including phenoxy) is 2. The number of nitrogens with zero attached hydrogens (tertiary/aromatic N) is 3. The summed E-state index contributed by atoms with van der Waals surface area (Å²) in [6, 6.07) is 19.3. The number of esters is 1. The van der Waals surface area contributed by atoms with Crippen LogP contribution in [0.5, 0.6) is 5.75 Å². The molecule has 0 saturated heterocycles. The number of methoxy groups -OCH3 is 1. The maximum atomic E-state index is 13.7. The molecule has 0 amide bonds. The number of benzene rings is 2. The quantitative estimate of drug-likeness (QED) is 0.353. The highest BCUT2D eigenvalue weighted by atomic mass is 32.1. The Morgan fingerprint density at radius 1 is 1.18 bits per heavy atom. The molecule has 1 aliphatic rings. The van der Waals surface area contributed by atoms with Gasteiger partial charge in [-0.15, -0.1) is 0 Å². The fourth-order valence-electron chi connectivity index (χ4n) is 4.39. The third-order valence-electron chi connectivity index (χ3n) is 6.16. The summed E-state index contributed by atoms with van der Waals surface area (Å²) in [7, 11) is 1.57. The molecular weight excluding hydrogens is 502 g/mol. The van der Waals surface area contributed by atoms with Crippen molar-refractivity contribution in [1.29, 1.82) is 5.26 Å². The first kappa shape index (κ1) is 25.0. The molecule has 4 aromatic rings. The summed E-state index contributed by atoms with van der Waals surface area (Å²) in [5.74, 6) is 1.12. The molecule has 1 aliphatic heterocycles. The fraction of sp³-hybridized carbons (Fsp3) is 0.172. The molecule has 5 rings (SSSR count).